The summed E-state index contributed by atoms with van der Waals surface area (Å²) in [5, 5.41) is 2.85. The van der Waals surface area contributed by atoms with E-state index in [0.717, 1.165) is 16.7 Å². The molecule has 1 heterocycles. The van der Waals surface area contributed by atoms with Gasteiger partial charge in [0.2, 0.25) is 11.8 Å². The molecule has 0 radical (unpaired) electrons. The highest BCUT2D eigenvalue weighted by molar-refractivity contribution is 6.03. The Balaban J connectivity index is 2.32. The molecule has 0 bridgehead atoms. The number of rotatable bonds is 5. The summed E-state index contributed by atoms with van der Waals surface area (Å²) >= 11 is 0. The van der Waals surface area contributed by atoms with Gasteiger partial charge in [0.1, 0.15) is 5.92 Å². The zero-order valence-corrected chi connectivity index (χ0v) is 15.2. The Kier molecular flexibility index (Phi) is 5.91. The van der Waals surface area contributed by atoms with Gasteiger partial charge in [0.15, 0.2) is 0 Å². The number of aryl methyl sites for hydroxylation is 1. The third kappa shape index (κ3) is 4.05. The van der Waals surface area contributed by atoms with Crippen LogP contribution in [0.5, 0.6) is 0 Å². The topological polar surface area (TPSA) is 61.8 Å². The van der Waals surface area contributed by atoms with Crippen LogP contribution in [0.4, 0.5) is 0 Å². The molecule has 0 spiro atoms. The van der Waals surface area contributed by atoms with Gasteiger partial charge in [0.05, 0.1) is 5.70 Å². The summed E-state index contributed by atoms with van der Waals surface area (Å²) in [6.45, 7) is 9.73. The lowest BCUT2D eigenvalue weighted by Crippen LogP contribution is -2.37. The molecule has 1 saturated heterocycles. The summed E-state index contributed by atoms with van der Waals surface area (Å²) in [5.74, 6) is -1.38. The van der Waals surface area contributed by atoms with Crippen molar-refractivity contribution in [3.8, 4) is 0 Å². The van der Waals surface area contributed by atoms with Crippen molar-refractivity contribution >= 4 is 18.5 Å². The van der Waals surface area contributed by atoms with E-state index in [9.17, 15) is 9.59 Å². The fourth-order valence-electron chi connectivity index (χ4n) is 3.08. The molecule has 1 aliphatic heterocycles. The molecule has 132 valence electrons. The van der Waals surface area contributed by atoms with E-state index in [0.29, 0.717) is 12.2 Å². The molecule has 25 heavy (non-hydrogen) atoms. The summed E-state index contributed by atoms with van der Waals surface area (Å²) in [6, 6.07) is 7.98. The summed E-state index contributed by atoms with van der Waals surface area (Å²) in [7, 11) is 1.73. The van der Waals surface area contributed by atoms with Crippen LogP contribution in [0.15, 0.2) is 52.8 Å². The maximum Gasteiger partial charge on any atom is 0.237 e. The van der Waals surface area contributed by atoms with Gasteiger partial charge in [-0.15, -0.1) is 0 Å². The van der Waals surface area contributed by atoms with E-state index in [1.165, 1.54) is 6.20 Å². The van der Waals surface area contributed by atoms with E-state index >= 15 is 0 Å². The number of nitrogens with one attached hydrogen (secondary N) is 1. The van der Waals surface area contributed by atoms with Gasteiger partial charge in [-0.3, -0.25) is 14.6 Å². The standard InChI is InChI=1S/C20H25N3O2/c1-6-14(3)17(11-21-4)22-19(24)18-16(12-23(5)20(18)25)15-9-7-8-13(2)10-15/h6-11,16,18H,4,12H2,1-3,5H3,(H,22,24)/b14-6-,17-11+/t16-,18+/m1/s1. The zero-order chi connectivity index (χ0) is 18.6. The second kappa shape index (κ2) is 7.92. The Labute approximate surface area is 149 Å². The molecule has 1 aliphatic rings. The number of likely N-dealkylation sites (tertiary alicyclic amines) is 1. The lowest BCUT2D eigenvalue weighted by molar-refractivity contribution is -0.136. The Morgan fingerprint density at radius 3 is 2.76 bits per heavy atom. The van der Waals surface area contributed by atoms with Crippen molar-refractivity contribution in [1.82, 2.24) is 10.2 Å². The van der Waals surface area contributed by atoms with E-state index in [1.807, 2.05) is 51.1 Å². The highest BCUT2D eigenvalue weighted by atomic mass is 16.2. The van der Waals surface area contributed by atoms with Gasteiger partial charge in [-0.1, -0.05) is 35.9 Å². The van der Waals surface area contributed by atoms with Crippen molar-refractivity contribution in [3.05, 3.63) is 58.9 Å². The Morgan fingerprint density at radius 2 is 2.16 bits per heavy atom. The quantitative estimate of drug-likeness (QED) is 0.509. The largest absolute Gasteiger partial charge is 0.344 e. The first-order valence-corrected chi connectivity index (χ1v) is 8.30. The number of hydrogen-bond donors (Lipinski definition) is 1. The average molecular weight is 339 g/mol. The normalized spacial score (nSPS) is 21.4. The van der Waals surface area contributed by atoms with E-state index in [2.05, 4.69) is 17.0 Å². The number of allylic oxidation sites excluding steroid dienone is 2. The third-order valence-electron chi connectivity index (χ3n) is 4.60. The van der Waals surface area contributed by atoms with Gasteiger partial charge < -0.3 is 10.2 Å². The summed E-state index contributed by atoms with van der Waals surface area (Å²) < 4.78 is 0. The van der Waals surface area contributed by atoms with Crippen molar-refractivity contribution in [1.29, 1.82) is 0 Å². The SMILES string of the molecule is C=N/C=C(NC(=O)[C@H]1C(=O)N(C)C[C@@H]1c1cccc(C)c1)\C(C)=C/C. The molecule has 0 unspecified atom stereocenters. The fourth-order valence-corrected chi connectivity index (χ4v) is 3.08. The van der Waals surface area contributed by atoms with Gasteiger partial charge in [-0.05, 0) is 38.6 Å². The minimum absolute atomic E-state index is 0.159. The van der Waals surface area contributed by atoms with Crippen molar-refractivity contribution in [2.24, 2.45) is 10.9 Å². The van der Waals surface area contributed by atoms with E-state index in [1.54, 1.807) is 11.9 Å². The molecular weight excluding hydrogens is 314 g/mol. The minimum atomic E-state index is -0.746. The number of carbonyl (C=O) groups excluding carboxylic acids is 2. The van der Waals surface area contributed by atoms with Crippen LogP contribution in [-0.4, -0.2) is 37.0 Å². The maximum absolute atomic E-state index is 12.9. The number of likely N-dealkylation sites (N-methyl/N-ethyl adjacent to an activating group) is 1. The van der Waals surface area contributed by atoms with Crippen LogP contribution < -0.4 is 5.32 Å². The second-order valence-electron chi connectivity index (χ2n) is 6.40. The van der Waals surface area contributed by atoms with Crippen LogP contribution in [0.2, 0.25) is 0 Å². The van der Waals surface area contributed by atoms with Crippen LogP contribution in [0.3, 0.4) is 0 Å². The molecule has 2 atom stereocenters. The average Bonchev–Trinajstić information content (AvgIpc) is 2.89. The highest BCUT2D eigenvalue weighted by Crippen LogP contribution is 2.33. The number of amides is 2. The van der Waals surface area contributed by atoms with Gasteiger partial charge in [-0.25, -0.2) is 0 Å². The van der Waals surface area contributed by atoms with E-state index in [-0.39, 0.29) is 17.7 Å². The van der Waals surface area contributed by atoms with Crippen LogP contribution in [0, 0.1) is 12.8 Å². The van der Waals surface area contributed by atoms with Gasteiger partial charge in [0, 0.05) is 25.7 Å². The smallest absolute Gasteiger partial charge is 0.237 e. The molecule has 2 rings (SSSR count). The van der Waals surface area contributed by atoms with Crippen molar-refractivity contribution < 1.29 is 9.59 Å². The maximum atomic E-state index is 12.9. The molecular formula is C20H25N3O2. The van der Waals surface area contributed by atoms with Crippen LogP contribution in [-0.2, 0) is 9.59 Å². The molecule has 5 nitrogen and oxygen atoms in total. The summed E-state index contributed by atoms with van der Waals surface area (Å²) in [4.78, 5) is 30.8. The predicted octanol–water partition coefficient (Wildman–Crippen LogP) is 2.79. The Hall–Kier alpha value is -2.69. The number of aliphatic imine (C=N–C) groups is 1. The van der Waals surface area contributed by atoms with Crippen molar-refractivity contribution in [3.63, 3.8) is 0 Å². The molecule has 1 aromatic rings. The monoisotopic (exact) mass is 339 g/mol. The fraction of sp³-hybridized carbons (Fsp3) is 0.350. The van der Waals surface area contributed by atoms with Crippen LogP contribution in [0.1, 0.15) is 30.9 Å². The molecule has 1 fully saturated rings. The Bertz CT molecular complexity index is 749. The summed E-state index contributed by atoms with van der Waals surface area (Å²) in [6.07, 6.45) is 3.37. The van der Waals surface area contributed by atoms with Gasteiger partial charge in [-0.2, -0.15) is 0 Å². The second-order valence-corrected chi connectivity index (χ2v) is 6.40. The number of carbonyl (C=O) groups is 2. The molecule has 1 N–H and O–H groups in total. The molecule has 0 aromatic heterocycles. The van der Waals surface area contributed by atoms with Crippen molar-refractivity contribution in [2.75, 3.05) is 13.6 Å². The predicted molar refractivity (Wildman–Crippen MR) is 100 cm³/mol. The Morgan fingerprint density at radius 1 is 1.44 bits per heavy atom. The lowest BCUT2D eigenvalue weighted by Gasteiger charge is -2.18. The highest BCUT2D eigenvalue weighted by Gasteiger charge is 2.44. The molecule has 0 saturated carbocycles. The number of hydrogen-bond acceptors (Lipinski definition) is 3. The minimum Gasteiger partial charge on any atom is -0.344 e. The zero-order valence-electron chi connectivity index (χ0n) is 15.2. The number of benzene rings is 1. The first-order valence-electron chi connectivity index (χ1n) is 8.30. The van der Waals surface area contributed by atoms with E-state index < -0.39 is 5.92 Å². The van der Waals surface area contributed by atoms with Crippen LogP contribution in [0.25, 0.3) is 0 Å². The third-order valence-corrected chi connectivity index (χ3v) is 4.60. The molecule has 1 aromatic carbocycles. The molecule has 2 amide bonds. The van der Waals surface area contributed by atoms with Gasteiger partial charge >= 0.3 is 0 Å². The lowest BCUT2D eigenvalue weighted by atomic mass is 9.87. The first kappa shape index (κ1) is 18.6. The molecule has 0 aliphatic carbocycles. The van der Waals surface area contributed by atoms with Crippen molar-refractivity contribution in [2.45, 2.75) is 26.7 Å². The van der Waals surface area contributed by atoms with Gasteiger partial charge in [0.25, 0.3) is 0 Å². The first-order chi connectivity index (χ1) is 11.9. The van der Waals surface area contributed by atoms with E-state index in [4.69, 9.17) is 0 Å². The van der Waals surface area contributed by atoms with Crippen LogP contribution >= 0.6 is 0 Å². The molecule has 5 heteroatoms. The number of nitrogens with zero attached hydrogens (tertiary/aromatic N) is 2. The summed E-state index contributed by atoms with van der Waals surface area (Å²) in [5.41, 5.74) is 3.55.